The first-order valence-corrected chi connectivity index (χ1v) is 5.16. The average molecular weight is 210 g/mol. The first-order chi connectivity index (χ1) is 6.59. The van der Waals surface area contributed by atoms with Gasteiger partial charge in [0.05, 0.1) is 0 Å². The van der Waals surface area contributed by atoms with Crippen LogP contribution in [-0.2, 0) is 0 Å². The average Bonchev–Trinajstić information content (AvgIpc) is 2.18. The minimum absolute atomic E-state index is 0.0684. The van der Waals surface area contributed by atoms with Gasteiger partial charge in [-0.1, -0.05) is 0 Å². The van der Waals surface area contributed by atoms with Gasteiger partial charge in [-0.25, -0.2) is 17.6 Å². The van der Waals surface area contributed by atoms with E-state index in [4.69, 9.17) is 0 Å². The molecule has 0 amide bonds. The molecule has 82 valence electrons. The van der Waals surface area contributed by atoms with Gasteiger partial charge < -0.3 is 0 Å². The minimum atomic E-state index is -1.47. The molecule has 0 aromatic heterocycles. The SMILES string of the molecule is FC1CCC(C2CC(F)C2F)CC1F. The summed E-state index contributed by atoms with van der Waals surface area (Å²) in [5, 5.41) is 0. The van der Waals surface area contributed by atoms with Crippen LogP contribution in [-0.4, -0.2) is 24.7 Å². The van der Waals surface area contributed by atoms with E-state index >= 15 is 0 Å². The smallest absolute Gasteiger partial charge is 0.134 e. The standard InChI is InChI=1S/C10H14F4/c11-7-2-1-5(3-8(7)12)6-4-9(13)10(6)14/h5-10H,1-4H2. The molecular weight excluding hydrogens is 196 g/mol. The topological polar surface area (TPSA) is 0 Å². The second kappa shape index (κ2) is 3.70. The largest absolute Gasteiger partial charge is 0.244 e. The monoisotopic (exact) mass is 210 g/mol. The lowest BCUT2D eigenvalue weighted by Crippen LogP contribution is -2.47. The van der Waals surface area contributed by atoms with Gasteiger partial charge in [0.25, 0.3) is 0 Å². The Balaban J connectivity index is 1.88. The maximum Gasteiger partial charge on any atom is 0.134 e. The maximum absolute atomic E-state index is 13.0. The second-order valence-electron chi connectivity index (χ2n) is 4.47. The van der Waals surface area contributed by atoms with Crippen molar-refractivity contribution >= 4 is 0 Å². The molecule has 0 bridgehead atoms. The van der Waals surface area contributed by atoms with Crippen molar-refractivity contribution < 1.29 is 17.6 Å². The predicted molar refractivity (Wildman–Crippen MR) is 45.0 cm³/mol. The molecule has 6 unspecified atom stereocenters. The van der Waals surface area contributed by atoms with E-state index in [1.165, 1.54) is 0 Å². The van der Waals surface area contributed by atoms with Crippen LogP contribution in [0.5, 0.6) is 0 Å². The number of alkyl halides is 4. The molecule has 0 nitrogen and oxygen atoms in total. The fourth-order valence-corrected chi connectivity index (χ4v) is 2.54. The number of hydrogen-bond acceptors (Lipinski definition) is 0. The normalized spacial score (nSPS) is 54.0. The summed E-state index contributed by atoms with van der Waals surface area (Å²) in [5.41, 5.74) is 0. The first-order valence-electron chi connectivity index (χ1n) is 5.16. The third-order valence-electron chi connectivity index (χ3n) is 3.59. The predicted octanol–water partition coefficient (Wildman–Crippen LogP) is 3.16. The molecule has 14 heavy (non-hydrogen) atoms. The van der Waals surface area contributed by atoms with Gasteiger partial charge in [0.15, 0.2) is 0 Å². The van der Waals surface area contributed by atoms with Crippen LogP contribution in [0.3, 0.4) is 0 Å². The first kappa shape index (κ1) is 10.2. The Morgan fingerprint density at radius 3 is 1.93 bits per heavy atom. The molecule has 0 radical (unpaired) electrons. The molecule has 2 saturated carbocycles. The molecule has 0 spiro atoms. The third kappa shape index (κ3) is 1.63. The molecule has 0 aromatic carbocycles. The summed E-state index contributed by atoms with van der Waals surface area (Å²) in [5.74, 6) is -0.519. The van der Waals surface area contributed by atoms with Gasteiger partial charge in [0.1, 0.15) is 24.7 Å². The van der Waals surface area contributed by atoms with Crippen molar-refractivity contribution in [2.24, 2.45) is 11.8 Å². The Labute approximate surface area is 80.7 Å². The van der Waals surface area contributed by atoms with Gasteiger partial charge in [-0.05, 0) is 37.5 Å². The number of hydrogen-bond donors (Lipinski definition) is 0. The van der Waals surface area contributed by atoms with Crippen molar-refractivity contribution in [3.63, 3.8) is 0 Å². The molecule has 0 N–H and O–H groups in total. The van der Waals surface area contributed by atoms with Gasteiger partial charge in [0.2, 0.25) is 0 Å². The summed E-state index contributed by atoms with van der Waals surface area (Å²) in [7, 11) is 0. The molecule has 2 aliphatic carbocycles. The maximum atomic E-state index is 13.0. The van der Waals surface area contributed by atoms with E-state index in [0.29, 0.717) is 6.42 Å². The van der Waals surface area contributed by atoms with Crippen LogP contribution in [0.2, 0.25) is 0 Å². The molecule has 0 aliphatic heterocycles. The zero-order chi connectivity index (χ0) is 10.3. The van der Waals surface area contributed by atoms with Gasteiger partial charge in [-0.2, -0.15) is 0 Å². The summed E-state index contributed by atoms with van der Waals surface area (Å²) in [6.07, 6.45) is -4.77. The lowest BCUT2D eigenvalue weighted by Gasteiger charge is -2.42. The van der Waals surface area contributed by atoms with E-state index in [2.05, 4.69) is 0 Å². The Bertz CT molecular complexity index is 208. The Morgan fingerprint density at radius 1 is 0.714 bits per heavy atom. The lowest BCUT2D eigenvalue weighted by molar-refractivity contribution is -0.0544. The highest BCUT2D eigenvalue weighted by Gasteiger charge is 2.48. The van der Waals surface area contributed by atoms with Crippen LogP contribution in [0.15, 0.2) is 0 Å². The molecule has 2 fully saturated rings. The summed E-state index contributed by atoms with van der Waals surface area (Å²) in [6.45, 7) is 0. The van der Waals surface area contributed by atoms with Crippen LogP contribution < -0.4 is 0 Å². The second-order valence-corrected chi connectivity index (χ2v) is 4.47. The van der Waals surface area contributed by atoms with E-state index in [1.807, 2.05) is 0 Å². The molecule has 0 saturated heterocycles. The van der Waals surface area contributed by atoms with Gasteiger partial charge in [0, 0.05) is 0 Å². The van der Waals surface area contributed by atoms with E-state index in [0.717, 1.165) is 0 Å². The number of rotatable bonds is 1. The molecule has 4 heteroatoms. The van der Waals surface area contributed by atoms with Crippen LogP contribution in [0.25, 0.3) is 0 Å². The molecule has 6 atom stereocenters. The summed E-state index contributed by atoms with van der Waals surface area (Å²) in [6, 6.07) is 0. The molecular formula is C10H14F4. The van der Waals surface area contributed by atoms with Gasteiger partial charge in [-0.15, -0.1) is 0 Å². The Morgan fingerprint density at radius 2 is 1.43 bits per heavy atom. The van der Waals surface area contributed by atoms with Crippen LogP contribution in [0.4, 0.5) is 17.6 Å². The van der Waals surface area contributed by atoms with Gasteiger partial charge >= 0.3 is 0 Å². The minimum Gasteiger partial charge on any atom is -0.244 e. The highest BCUT2D eigenvalue weighted by atomic mass is 19.2. The summed E-state index contributed by atoms with van der Waals surface area (Å²) < 4.78 is 51.3. The van der Waals surface area contributed by atoms with Crippen LogP contribution in [0.1, 0.15) is 25.7 Å². The van der Waals surface area contributed by atoms with Crippen molar-refractivity contribution in [1.82, 2.24) is 0 Å². The van der Waals surface area contributed by atoms with Crippen molar-refractivity contribution in [2.75, 3.05) is 0 Å². The van der Waals surface area contributed by atoms with E-state index in [-0.39, 0.29) is 31.1 Å². The molecule has 2 rings (SSSR count). The van der Waals surface area contributed by atoms with E-state index in [1.54, 1.807) is 0 Å². The fraction of sp³-hybridized carbons (Fsp3) is 1.00. The Kier molecular flexibility index (Phi) is 2.71. The molecule has 2 aliphatic rings. The number of halogens is 4. The van der Waals surface area contributed by atoms with E-state index in [9.17, 15) is 17.6 Å². The van der Waals surface area contributed by atoms with E-state index < -0.39 is 24.7 Å². The quantitative estimate of drug-likeness (QED) is 0.583. The van der Waals surface area contributed by atoms with Crippen molar-refractivity contribution in [2.45, 2.75) is 50.4 Å². The third-order valence-corrected chi connectivity index (χ3v) is 3.59. The highest BCUT2D eigenvalue weighted by Crippen LogP contribution is 2.45. The summed E-state index contributed by atoms with van der Waals surface area (Å²) >= 11 is 0. The zero-order valence-electron chi connectivity index (χ0n) is 7.80. The van der Waals surface area contributed by atoms with Crippen molar-refractivity contribution in [1.29, 1.82) is 0 Å². The Hall–Kier alpha value is -0.280. The molecule has 0 aromatic rings. The fourth-order valence-electron chi connectivity index (χ4n) is 2.54. The highest BCUT2D eigenvalue weighted by molar-refractivity contribution is 4.96. The zero-order valence-corrected chi connectivity index (χ0v) is 7.80. The van der Waals surface area contributed by atoms with Crippen molar-refractivity contribution in [3.05, 3.63) is 0 Å². The lowest BCUT2D eigenvalue weighted by atomic mass is 9.67. The van der Waals surface area contributed by atoms with Gasteiger partial charge in [-0.3, -0.25) is 0 Å². The molecule has 0 heterocycles. The van der Waals surface area contributed by atoms with Crippen LogP contribution in [0, 0.1) is 11.8 Å². The van der Waals surface area contributed by atoms with Crippen molar-refractivity contribution in [3.8, 4) is 0 Å². The van der Waals surface area contributed by atoms with Crippen LogP contribution >= 0.6 is 0 Å². The summed E-state index contributed by atoms with van der Waals surface area (Å²) in [4.78, 5) is 0.